The normalized spacial score (nSPS) is 12.6. The summed E-state index contributed by atoms with van der Waals surface area (Å²) in [6, 6.07) is 6.02. The minimum Gasteiger partial charge on any atom is -0.349 e. The van der Waals surface area contributed by atoms with Crippen LogP contribution in [0.25, 0.3) is 0 Å². The van der Waals surface area contributed by atoms with Gasteiger partial charge in [-0.25, -0.2) is 0 Å². The van der Waals surface area contributed by atoms with Gasteiger partial charge in [0.05, 0.1) is 0 Å². The summed E-state index contributed by atoms with van der Waals surface area (Å²) in [4.78, 5) is 11.9. The first-order valence-corrected chi connectivity index (χ1v) is 5.80. The molecule has 0 heterocycles. The number of carbonyl (C=O) groups is 1. The number of aryl methyl sites for hydroxylation is 2. The number of hydrogen-bond donors (Lipinski definition) is 1. The molecular weight excluding hydrogens is 198 g/mol. The van der Waals surface area contributed by atoms with Crippen LogP contribution in [-0.4, -0.2) is 11.9 Å². The molecule has 0 aromatic heterocycles. The van der Waals surface area contributed by atoms with Crippen LogP contribution in [0, 0.1) is 19.8 Å². The molecule has 0 aliphatic rings. The molecule has 0 aliphatic carbocycles. The van der Waals surface area contributed by atoms with Crippen LogP contribution in [0.3, 0.4) is 0 Å². The first-order chi connectivity index (χ1) is 7.41. The maximum atomic E-state index is 11.9. The van der Waals surface area contributed by atoms with Gasteiger partial charge in [-0.2, -0.15) is 0 Å². The molecule has 16 heavy (non-hydrogen) atoms. The van der Waals surface area contributed by atoms with Crippen molar-refractivity contribution in [2.45, 2.75) is 40.7 Å². The fourth-order valence-corrected chi connectivity index (χ4v) is 1.34. The zero-order valence-corrected chi connectivity index (χ0v) is 10.8. The van der Waals surface area contributed by atoms with Crippen LogP contribution in [0.2, 0.25) is 0 Å². The van der Waals surface area contributed by atoms with Crippen molar-refractivity contribution in [2.75, 3.05) is 0 Å². The van der Waals surface area contributed by atoms with E-state index >= 15 is 0 Å². The zero-order chi connectivity index (χ0) is 12.3. The van der Waals surface area contributed by atoms with Crippen molar-refractivity contribution in [3.05, 3.63) is 34.9 Å². The minimum atomic E-state index is 0.0179. The van der Waals surface area contributed by atoms with Crippen LogP contribution < -0.4 is 5.32 Å². The molecular formula is C14H21NO. The minimum absolute atomic E-state index is 0.0179. The third kappa shape index (κ3) is 3.09. The lowest BCUT2D eigenvalue weighted by molar-refractivity contribution is 0.0930. The van der Waals surface area contributed by atoms with Gasteiger partial charge < -0.3 is 5.32 Å². The molecule has 2 nitrogen and oxygen atoms in total. The number of carbonyl (C=O) groups excluding carboxylic acids is 1. The Morgan fingerprint density at radius 2 is 1.75 bits per heavy atom. The molecule has 0 unspecified atom stereocenters. The maximum Gasteiger partial charge on any atom is 0.251 e. The highest BCUT2D eigenvalue weighted by Gasteiger charge is 2.12. The monoisotopic (exact) mass is 219 g/mol. The first kappa shape index (κ1) is 12.8. The average molecular weight is 219 g/mol. The highest BCUT2D eigenvalue weighted by molar-refractivity contribution is 5.94. The number of amides is 1. The molecule has 0 fully saturated rings. The first-order valence-electron chi connectivity index (χ1n) is 5.80. The third-order valence-corrected chi connectivity index (χ3v) is 3.13. The maximum absolute atomic E-state index is 11.9. The average Bonchev–Trinajstić information content (AvgIpc) is 2.21. The van der Waals surface area contributed by atoms with Gasteiger partial charge in [-0.1, -0.05) is 19.9 Å². The molecule has 0 saturated carbocycles. The largest absolute Gasteiger partial charge is 0.349 e. The Hall–Kier alpha value is -1.31. The van der Waals surface area contributed by atoms with Crippen LogP contribution >= 0.6 is 0 Å². The van der Waals surface area contributed by atoms with E-state index in [-0.39, 0.29) is 11.9 Å². The third-order valence-electron chi connectivity index (χ3n) is 3.13. The second-order valence-electron chi connectivity index (χ2n) is 4.81. The van der Waals surface area contributed by atoms with Crippen molar-refractivity contribution in [1.29, 1.82) is 0 Å². The summed E-state index contributed by atoms with van der Waals surface area (Å²) >= 11 is 0. The summed E-state index contributed by atoms with van der Waals surface area (Å²) in [5.74, 6) is 0.472. The standard InChI is InChI=1S/C14H21NO/c1-9(2)12(5)15-14(16)13-7-6-10(3)11(4)8-13/h6-9,12H,1-5H3,(H,15,16)/t12-/m0/s1. The molecule has 0 radical (unpaired) electrons. The van der Waals surface area contributed by atoms with Crippen LogP contribution in [-0.2, 0) is 0 Å². The van der Waals surface area contributed by atoms with E-state index in [1.54, 1.807) is 0 Å². The van der Waals surface area contributed by atoms with Gasteiger partial charge in [0, 0.05) is 11.6 Å². The van der Waals surface area contributed by atoms with Gasteiger partial charge in [0.25, 0.3) is 5.91 Å². The molecule has 0 aliphatic heterocycles. The van der Waals surface area contributed by atoms with Crippen LogP contribution in [0.4, 0.5) is 0 Å². The Kier molecular flexibility index (Phi) is 4.11. The Bertz CT molecular complexity index is 382. The van der Waals surface area contributed by atoms with E-state index in [0.29, 0.717) is 5.92 Å². The highest BCUT2D eigenvalue weighted by Crippen LogP contribution is 2.10. The number of rotatable bonds is 3. The summed E-state index contributed by atoms with van der Waals surface area (Å²) in [5, 5.41) is 3.00. The molecule has 0 spiro atoms. The molecule has 1 rings (SSSR count). The van der Waals surface area contributed by atoms with E-state index in [0.717, 1.165) is 11.1 Å². The molecule has 1 N–H and O–H groups in total. The van der Waals surface area contributed by atoms with E-state index in [4.69, 9.17) is 0 Å². The van der Waals surface area contributed by atoms with Crippen LogP contribution in [0.1, 0.15) is 42.3 Å². The lowest BCUT2D eigenvalue weighted by atomic mass is 10.0. The Balaban J connectivity index is 2.77. The number of nitrogens with one attached hydrogen (secondary N) is 1. The van der Waals surface area contributed by atoms with Crippen molar-refractivity contribution in [3.63, 3.8) is 0 Å². The van der Waals surface area contributed by atoms with Crippen molar-refractivity contribution >= 4 is 5.91 Å². The lowest BCUT2D eigenvalue weighted by Gasteiger charge is -2.17. The molecule has 1 aromatic rings. The van der Waals surface area contributed by atoms with Crippen LogP contribution in [0.5, 0.6) is 0 Å². The fraction of sp³-hybridized carbons (Fsp3) is 0.500. The second-order valence-corrected chi connectivity index (χ2v) is 4.81. The predicted molar refractivity (Wildman–Crippen MR) is 67.7 cm³/mol. The Labute approximate surface area is 98.1 Å². The van der Waals surface area contributed by atoms with Crippen molar-refractivity contribution in [2.24, 2.45) is 5.92 Å². The van der Waals surface area contributed by atoms with Gasteiger partial charge in [-0.15, -0.1) is 0 Å². The summed E-state index contributed by atoms with van der Waals surface area (Å²) in [5.41, 5.74) is 3.12. The molecule has 0 saturated heterocycles. The van der Waals surface area contributed by atoms with E-state index in [2.05, 4.69) is 19.2 Å². The van der Waals surface area contributed by atoms with Gasteiger partial charge >= 0.3 is 0 Å². The number of benzene rings is 1. The highest BCUT2D eigenvalue weighted by atomic mass is 16.1. The Morgan fingerprint density at radius 3 is 2.25 bits per heavy atom. The molecule has 1 amide bonds. The molecule has 1 atom stereocenters. The predicted octanol–water partition coefficient (Wildman–Crippen LogP) is 3.08. The van der Waals surface area contributed by atoms with Gasteiger partial charge in [0.2, 0.25) is 0 Å². The van der Waals surface area contributed by atoms with Crippen molar-refractivity contribution < 1.29 is 4.79 Å². The molecule has 2 heteroatoms. The zero-order valence-electron chi connectivity index (χ0n) is 10.8. The van der Waals surface area contributed by atoms with E-state index in [1.165, 1.54) is 5.56 Å². The van der Waals surface area contributed by atoms with Gasteiger partial charge in [0.1, 0.15) is 0 Å². The van der Waals surface area contributed by atoms with Gasteiger partial charge in [-0.05, 0) is 49.9 Å². The molecule has 88 valence electrons. The van der Waals surface area contributed by atoms with Crippen molar-refractivity contribution in [3.8, 4) is 0 Å². The number of hydrogen-bond acceptors (Lipinski definition) is 1. The van der Waals surface area contributed by atoms with Crippen molar-refractivity contribution in [1.82, 2.24) is 5.32 Å². The molecule has 0 bridgehead atoms. The topological polar surface area (TPSA) is 29.1 Å². The summed E-state index contributed by atoms with van der Waals surface area (Å²) in [6.07, 6.45) is 0. The quantitative estimate of drug-likeness (QED) is 0.831. The molecule has 1 aromatic carbocycles. The SMILES string of the molecule is Cc1ccc(C(=O)N[C@@H](C)C(C)C)cc1C. The van der Waals surface area contributed by atoms with Gasteiger partial charge in [0.15, 0.2) is 0 Å². The summed E-state index contributed by atoms with van der Waals surface area (Å²) < 4.78 is 0. The van der Waals surface area contributed by atoms with E-state index in [9.17, 15) is 4.79 Å². The smallest absolute Gasteiger partial charge is 0.251 e. The van der Waals surface area contributed by atoms with E-state index in [1.807, 2.05) is 39.0 Å². The van der Waals surface area contributed by atoms with Crippen LogP contribution in [0.15, 0.2) is 18.2 Å². The summed E-state index contributed by atoms with van der Waals surface area (Å²) in [6.45, 7) is 10.3. The fourth-order valence-electron chi connectivity index (χ4n) is 1.34. The Morgan fingerprint density at radius 1 is 1.12 bits per heavy atom. The van der Waals surface area contributed by atoms with E-state index < -0.39 is 0 Å². The lowest BCUT2D eigenvalue weighted by Crippen LogP contribution is -2.36. The second kappa shape index (κ2) is 5.15. The summed E-state index contributed by atoms with van der Waals surface area (Å²) in [7, 11) is 0. The van der Waals surface area contributed by atoms with Gasteiger partial charge in [-0.3, -0.25) is 4.79 Å².